The molecule has 1 saturated carbocycles. The van der Waals surface area contributed by atoms with E-state index in [0.717, 1.165) is 24.4 Å². The van der Waals surface area contributed by atoms with Crippen molar-refractivity contribution in [3.8, 4) is 0 Å². The molecule has 1 amide bonds. The van der Waals surface area contributed by atoms with Crippen molar-refractivity contribution in [1.82, 2.24) is 14.9 Å². The molecule has 94 valence electrons. The van der Waals surface area contributed by atoms with Crippen LogP contribution in [0.1, 0.15) is 41.8 Å². The van der Waals surface area contributed by atoms with Gasteiger partial charge in [-0.25, -0.2) is 0 Å². The maximum absolute atomic E-state index is 11.8. The van der Waals surface area contributed by atoms with E-state index >= 15 is 0 Å². The highest BCUT2D eigenvalue weighted by Crippen LogP contribution is 2.30. The summed E-state index contributed by atoms with van der Waals surface area (Å²) in [6, 6.07) is 0. The van der Waals surface area contributed by atoms with Crippen molar-refractivity contribution in [3.05, 3.63) is 11.1 Å². The third-order valence-corrected chi connectivity index (χ3v) is 4.02. The van der Waals surface area contributed by atoms with Gasteiger partial charge >= 0.3 is 0 Å². The Hall–Kier alpha value is -1.01. The van der Waals surface area contributed by atoms with Gasteiger partial charge in [0.1, 0.15) is 4.88 Å². The normalized spacial score (nSPS) is 18.9. The molecule has 0 aromatic carbocycles. The Kier molecular flexibility index (Phi) is 4.06. The molecule has 0 aliphatic heterocycles. The van der Waals surface area contributed by atoms with E-state index in [1.807, 2.05) is 0 Å². The van der Waals surface area contributed by atoms with Gasteiger partial charge in [-0.3, -0.25) is 4.79 Å². The van der Waals surface area contributed by atoms with Gasteiger partial charge in [-0.15, -0.1) is 5.10 Å². The summed E-state index contributed by atoms with van der Waals surface area (Å²) >= 11 is 1.11. The van der Waals surface area contributed by atoms with Gasteiger partial charge in [-0.05, 0) is 24.4 Å². The summed E-state index contributed by atoms with van der Waals surface area (Å²) < 4.78 is 9.28. The van der Waals surface area contributed by atoms with Crippen molar-refractivity contribution in [3.63, 3.8) is 0 Å². The van der Waals surface area contributed by atoms with Gasteiger partial charge in [-0.2, -0.15) is 0 Å². The van der Waals surface area contributed by atoms with Crippen LogP contribution >= 0.6 is 11.5 Å². The number of carbonyl (C=O) groups excluding carboxylic acids is 1. The third-order valence-electron chi connectivity index (χ3n) is 3.35. The van der Waals surface area contributed by atoms with Crippen LogP contribution in [0.25, 0.3) is 0 Å². The maximum atomic E-state index is 11.8. The van der Waals surface area contributed by atoms with Gasteiger partial charge < -0.3 is 10.1 Å². The van der Waals surface area contributed by atoms with Crippen molar-refractivity contribution in [2.75, 3.05) is 13.7 Å². The van der Waals surface area contributed by atoms with E-state index in [1.165, 1.54) is 25.5 Å². The molecular weight excluding hydrogens is 238 g/mol. The Morgan fingerprint density at radius 3 is 2.88 bits per heavy atom. The average molecular weight is 255 g/mol. The third kappa shape index (κ3) is 3.01. The number of aromatic nitrogens is 2. The van der Waals surface area contributed by atoms with E-state index in [4.69, 9.17) is 4.74 Å². The van der Waals surface area contributed by atoms with Crippen molar-refractivity contribution < 1.29 is 9.53 Å². The molecule has 0 bridgehead atoms. The molecule has 1 aliphatic rings. The summed E-state index contributed by atoms with van der Waals surface area (Å²) in [5, 5.41) is 6.56. The monoisotopic (exact) mass is 255 g/mol. The highest BCUT2D eigenvalue weighted by atomic mass is 32.1. The average Bonchev–Trinajstić information content (AvgIpc) is 2.91. The molecule has 1 aliphatic carbocycles. The van der Waals surface area contributed by atoms with Crippen LogP contribution in [0.4, 0.5) is 0 Å². The number of hydrogen-bond acceptors (Lipinski definition) is 5. The molecule has 2 rings (SSSR count). The summed E-state index contributed by atoms with van der Waals surface area (Å²) in [7, 11) is 1.73. The molecule has 17 heavy (non-hydrogen) atoms. The number of ether oxygens (including phenoxy) is 1. The fourth-order valence-electron chi connectivity index (χ4n) is 2.24. The number of amides is 1. The van der Waals surface area contributed by atoms with Gasteiger partial charge in [0.2, 0.25) is 0 Å². The quantitative estimate of drug-likeness (QED) is 0.888. The summed E-state index contributed by atoms with van der Waals surface area (Å²) in [4.78, 5) is 12.3. The lowest BCUT2D eigenvalue weighted by Crippen LogP contribution is -2.45. The Labute approximate surface area is 105 Å². The topological polar surface area (TPSA) is 64.1 Å². The molecule has 1 aromatic rings. The molecule has 5 nitrogen and oxygen atoms in total. The summed E-state index contributed by atoms with van der Waals surface area (Å²) in [5.74, 6) is -0.109. The van der Waals surface area contributed by atoms with Gasteiger partial charge in [0.15, 0.2) is 0 Å². The Morgan fingerprint density at radius 2 is 2.29 bits per heavy atom. The van der Waals surface area contributed by atoms with Gasteiger partial charge in [-0.1, -0.05) is 23.8 Å². The van der Waals surface area contributed by atoms with E-state index in [2.05, 4.69) is 14.9 Å². The minimum absolute atomic E-state index is 0.109. The second-order valence-corrected chi connectivity index (χ2v) is 5.20. The molecule has 0 spiro atoms. The molecule has 0 unspecified atom stereocenters. The van der Waals surface area contributed by atoms with Gasteiger partial charge in [0, 0.05) is 13.7 Å². The Bertz CT molecular complexity index is 361. The van der Waals surface area contributed by atoms with Crippen molar-refractivity contribution in [1.29, 1.82) is 0 Å². The lowest BCUT2D eigenvalue weighted by molar-refractivity contribution is -0.0363. The SMILES string of the molecule is COC1(CNC(=O)c2cnns2)CCCCC1. The Morgan fingerprint density at radius 1 is 1.53 bits per heavy atom. The number of nitrogens with one attached hydrogen (secondary N) is 1. The number of rotatable bonds is 4. The second kappa shape index (κ2) is 5.55. The standard InChI is InChI=1S/C11H17N3O2S/c1-16-11(5-3-2-4-6-11)8-12-10(15)9-7-13-14-17-9/h7H,2-6,8H2,1H3,(H,12,15). The summed E-state index contributed by atoms with van der Waals surface area (Å²) in [5.41, 5.74) is -0.175. The lowest BCUT2D eigenvalue weighted by atomic mass is 9.84. The minimum atomic E-state index is -0.175. The van der Waals surface area contributed by atoms with E-state index in [1.54, 1.807) is 7.11 Å². The van der Waals surface area contributed by atoms with Gasteiger partial charge in [0.05, 0.1) is 11.8 Å². The Balaban J connectivity index is 1.89. The van der Waals surface area contributed by atoms with Crippen molar-refractivity contribution >= 4 is 17.4 Å². The molecular formula is C11H17N3O2S. The maximum Gasteiger partial charge on any atom is 0.264 e. The molecule has 1 aromatic heterocycles. The number of hydrogen-bond donors (Lipinski definition) is 1. The highest BCUT2D eigenvalue weighted by molar-refractivity contribution is 7.07. The molecule has 0 radical (unpaired) electrons. The first-order chi connectivity index (χ1) is 8.26. The fourth-order valence-corrected chi connectivity index (χ4v) is 2.68. The predicted molar refractivity (Wildman–Crippen MR) is 65.1 cm³/mol. The van der Waals surface area contributed by atoms with E-state index in [-0.39, 0.29) is 11.5 Å². The molecule has 1 heterocycles. The van der Waals surface area contributed by atoms with Crippen molar-refractivity contribution in [2.45, 2.75) is 37.7 Å². The van der Waals surface area contributed by atoms with E-state index in [0.29, 0.717) is 11.4 Å². The first-order valence-electron chi connectivity index (χ1n) is 5.86. The summed E-state index contributed by atoms with van der Waals surface area (Å²) in [6.07, 6.45) is 7.13. The fraction of sp³-hybridized carbons (Fsp3) is 0.727. The smallest absolute Gasteiger partial charge is 0.264 e. The van der Waals surface area contributed by atoms with Crippen LogP contribution in [0.3, 0.4) is 0 Å². The van der Waals surface area contributed by atoms with E-state index in [9.17, 15) is 4.79 Å². The first kappa shape index (κ1) is 12.4. The van der Waals surface area contributed by atoms with Crippen molar-refractivity contribution in [2.24, 2.45) is 0 Å². The molecule has 0 atom stereocenters. The number of methoxy groups -OCH3 is 1. The van der Waals surface area contributed by atoms with Gasteiger partial charge in [0.25, 0.3) is 5.91 Å². The zero-order valence-electron chi connectivity index (χ0n) is 9.94. The van der Waals surface area contributed by atoms with Crippen LogP contribution in [-0.4, -0.2) is 34.7 Å². The second-order valence-electron chi connectivity index (χ2n) is 4.41. The zero-order valence-corrected chi connectivity index (χ0v) is 10.8. The predicted octanol–water partition coefficient (Wildman–Crippen LogP) is 1.62. The molecule has 1 fully saturated rings. The van der Waals surface area contributed by atoms with E-state index < -0.39 is 0 Å². The van der Waals surface area contributed by atoms with Crippen LogP contribution < -0.4 is 5.32 Å². The molecule has 1 N–H and O–H groups in total. The highest BCUT2D eigenvalue weighted by Gasteiger charge is 2.32. The first-order valence-corrected chi connectivity index (χ1v) is 6.64. The van der Waals surface area contributed by atoms with Crippen LogP contribution in [0.2, 0.25) is 0 Å². The lowest BCUT2D eigenvalue weighted by Gasteiger charge is -2.36. The minimum Gasteiger partial charge on any atom is -0.376 e. The van der Waals surface area contributed by atoms with Crippen LogP contribution in [0.5, 0.6) is 0 Å². The van der Waals surface area contributed by atoms with Crippen LogP contribution in [0.15, 0.2) is 6.20 Å². The summed E-state index contributed by atoms with van der Waals surface area (Å²) in [6.45, 7) is 0.570. The molecule has 0 saturated heterocycles. The molecule has 6 heteroatoms. The largest absolute Gasteiger partial charge is 0.376 e. The van der Waals surface area contributed by atoms with Crippen LogP contribution in [0, 0.1) is 0 Å². The number of carbonyl (C=O) groups is 1. The number of nitrogens with zero attached hydrogens (tertiary/aromatic N) is 2. The van der Waals surface area contributed by atoms with Crippen LogP contribution in [-0.2, 0) is 4.74 Å². The zero-order chi connectivity index (χ0) is 12.1.